The lowest BCUT2D eigenvalue weighted by atomic mass is 10.1. The zero-order valence-electron chi connectivity index (χ0n) is 13.5. The van der Waals surface area contributed by atoms with Crippen molar-refractivity contribution >= 4 is 21.8 Å². The van der Waals surface area contributed by atoms with E-state index < -0.39 is 10.0 Å². The van der Waals surface area contributed by atoms with E-state index in [-0.39, 0.29) is 0 Å². The first-order valence-corrected chi connectivity index (χ1v) is 9.86. The van der Waals surface area contributed by atoms with Crippen LogP contribution in [0.25, 0.3) is 0 Å². The summed E-state index contributed by atoms with van der Waals surface area (Å²) in [5.74, 6) is 0. The van der Waals surface area contributed by atoms with Crippen molar-refractivity contribution in [3.63, 3.8) is 0 Å². The average Bonchev–Trinajstić information content (AvgIpc) is 2.42. The minimum absolute atomic E-state index is 0.393. The van der Waals surface area contributed by atoms with E-state index in [0.29, 0.717) is 23.2 Å². The summed E-state index contributed by atoms with van der Waals surface area (Å²) >= 11 is 1.74. The summed E-state index contributed by atoms with van der Waals surface area (Å²) in [5.41, 5.74) is 2.80. The Bertz CT molecular complexity index is 571. The van der Waals surface area contributed by atoms with Gasteiger partial charge in [-0.05, 0) is 56.3 Å². The summed E-state index contributed by atoms with van der Waals surface area (Å²) in [7, 11) is -1.59. The molecule has 0 aromatic heterocycles. The first-order valence-electron chi connectivity index (χ1n) is 7.09. The molecule has 1 atom stereocenters. The molecule has 120 valence electrons. The van der Waals surface area contributed by atoms with Gasteiger partial charge < -0.3 is 5.32 Å². The van der Waals surface area contributed by atoms with E-state index in [1.165, 1.54) is 0 Å². The summed E-state index contributed by atoms with van der Waals surface area (Å²) in [4.78, 5) is 0.393. The van der Waals surface area contributed by atoms with Crippen LogP contribution in [0.2, 0.25) is 0 Å². The van der Waals surface area contributed by atoms with Crippen molar-refractivity contribution in [2.75, 3.05) is 19.8 Å². The Labute approximate surface area is 133 Å². The molecule has 0 saturated carbocycles. The second kappa shape index (κ2) is 8.17. The third-order valence-electron chi connectivity index (χ3n) is 3.60. The van der Waals surface area contributed by atoms with Crippen molar-refractivity contribution in [3.05, 3.63) is 28.8 Å². The number of benzene rings is 1. The lowest BCUT2D eigenvalue weighted by Gasteiger charge is -2.14. The Kier molecular flexibility index (Phi) is 7.20. The highest BCUT2D eigenvalue weighted by Crippen LogP contribution is 2.21. The van der Waals surface area contributed by atoms with Crippen molar-refractivity contribution in [2.45, 2.75) is 43.9 Å². The van der Waals surface area contributed by atoms with Gasteiger partial charge in [0, 0.05) is 18.3 Å². The minimum Gasteiger partial charge on any atom is -0.316 e. The van der Waals surface area contributed by atoms with Crippen LogP contribution in [-0.2, 0) is 16.6 Å². The van der Waals surface area contributed by atoms with E-state index in [0.717, 1.165) is 23.1 Å². The molecule has 2 N–H and O–H groups in total. The first-order chi connectivity index (χ1) is 9.81. The standard InChI is InChI=1S/C15H26N2O2S2/c1-11-8-14(10-16-4)9-15(13(11)3)21(18,19)17-7-6-12(2)20-5/h8-9,12,16-17H,6-7,10H2,1-5H3. The van der Waals surface area contributed by atoms with Crippen molar-refractivity contribution in [1.29, 1.82) is 0 Å². The van der Waals surface area contributed by atoms with Gasteiger partial charge in [-0.3, -0.25) is 0 Å². The third kappa shape index (κ3) is 5.29. The van der Waals surface area contributed by atoms with Gasteiger partial charge in [-0.2, -0.15) is 11.8 Å². The molecule has 0 radical (unpaired) electrons. The number of nitrogens with one attached hydrogen (secondary N) is 2. The summed E-state index contributed by atoms with van der Waals surface area (Å²) in [6.07, 6.45) is 2.86. The molecule has 0 amide bonds. The molecule has 1 aromatic rings. The van der Waals surface area contributed by atoms with E-state index in [2.05, 4.69) is 17.0 Å². The zero-order chi connectivity index (χ0) is 16.0. The molecular formula is C15H26N2O2S2. The lowest BCUT2D eigenvalue weighted by molar-refractivity contribution is 0.578. The molecule has 1 aromatic carbocycles. The SMILES string of the molecule is CNCc1cc(C)c(C)c(S(=O)(=O)NCCC(C)SC)c1. The predicted molar refractivity (Wildman–Crippen MR) is 91.5 cm³/mol. The molecule has 6 heteroatoms. The van der Waals surface area contributed by atoms with Crippen molar-refractivity contribution in [1.82, 2.24) is 10.0 Å². The quantitative estimate of drug-likeness (QED) is 0.769. The molecule has 0 fully saturated rings. The fourth-order valence-electron chi connectivity index (χ4n) is 2.08. The van der Waals surface area contributed by atoms with E-state index in [4.69, 9.17) is 0 Å². The van der Waals surface area contributed by atoms with E-state index in [1.807, 2.05) is 33.2 Å². The monoisotopic (exact) mass is 330 g/mol. The Balaban J connectivity index is 2.96. The molecular weight excluding hydrogens is 304 g/mol. The van der Waals surface area contributed by atoms with Crippen molar-refractivity contribution < 1.29 is 8.42 Å². The van der Waals surface area contributed by atoms with Gasteiger partial charge in [0.15, 0.2) is 0 Å². The summed E-state index contributed by atoms with van der Waals surface area (Å²) in [6.45, 7) is 7.04. The van der Waals surface area contributed by atoms with Gasteiger partial charge in [-0.1, -0.05) is 13.0 Å². The summed E-state index contributed by atoms with van der Waals surface area (Å²) < 4.78 is 27.7. The minimum atomic E-state index is -3.45. The van der Waals surface area contributed by atoms with Gasteiger partial charge in [-0.25, -0.2) is 13.1 Å². The molecule has 1 unspecified atom stereocenters. The van der Waals surface area contributed by atoms with Crippen LogP contribution < -0.4 is 10.0 Å². The zero-order valence-corrected chi connectivity index (χ0v) is 15.1. The maximum absolute atomic E-state index is 12.5. The van der Waals surface area contributed by atoms with Crippen LogP contribution in [0.5, 0.6) is 0 Å². The molecule has 21 heavy (non-hydrogen) atoms. The molecule has 0 spiro atoms. The van der Waals surface area contributed by atoms with Crippen LogP contribution >= 0.6 is 11.8 Å². The Morgan fingerprint density at radius 3 is 2.52 bits per heavy atom. The number of hydrogen-bond acceptors (Lipinski definition) is 4. The molecule has 0 aliphatic heterocycles. The highest BCUT2D eigenvalue weighted by Gasteiger charge is 2.18. The van der Waals surface area contributed by atoms with E-state index in [9.17, 15) is 8.42 Å². The second-order valence-corrected chi connectivity index (χ2v) is 8.31. The highest BCUT2D eigenvalue weighted by molar-refractivity contribution is 7.99. The number of rotatable bonds is 8. The van der Waals surface area contributed by atoms with Crippen molar-refractivity contribution in [2.24, 2.45) is 0 Å². The molecule has 1 rings (SSSR count). The van der Waals surface area contributed by atoms with Crippen LogP contribution in [-0.4, -0.2) is 33.5 Å². The summed E-state index contributed by atoms with van der Waals surface area (Å²) in [6, 6.07) is 3.79. The van der Waals surface area contributed by atoms with Crippen LogP contribution in [0.15, 0.2) is 17.0 Å². The van der Waals surface area contributed by atoms with Crippen LogP contribution in [0.1, 0.15) is 30.0 Å². The van der Waals surface area contributed by atoms with Gasteiger partial charge in [0.05, 0.1) is 4.90 Å². The molecule has 4 nitrogen and oxygen atoms in total. The smallest absolute Gasteiger partial charge is 0.240 e. The topological polar surface area (TPSA) is 58.2 Å². The first kappa shape index (κ1) is 18.5. The van der Waals surface area contributed by atoms with Gasteiger partial charge in [0.1, 0.15) is 0 Å². The Hall–Kier alpha value is -0.560. The van der Waals surface area contributed by atoms with E-state index >= 15 is 0 Å². The van der Waals surface area contributed by atoms with Crippen LogP contribution in [0.3, 0.4) is 0 Å². The summed E-state index contributed by atoms with van der Waals surface area (Å²) in [5, 5.41) is 3.51. The van der Waals surface area contributed by atoms with E-state index in [1.54, 1.807) is 17.8 Å². The fourth-order valence-corrected chi connectivity index (χ4v) is 3.84. The van der Waals surface area contributed by atoms with Gasteiger partial charge >= 0.3 is 0 Å². The predicted octanol–water partition coefficient (Wildman–Crippen LogP) is 2.44. The lowest BCUT2D eigenvalue weighted by Crippen LogP contribution is -2.27. The largest absolute Gasteiger partial charge is 0.316 e. The second-order valence-electron chi connectivity index (χ2n) is 5.30. The van der Waals surface area contributed by atoms with Gasteiger partial charge in [0.25, 0.3) is 0 Å². The number of aryl methyl sites for hydroxylation is 1. The van der Waals surface area contributed by atoms with Crippen molar-refractivity contribution in [3.8, 4) is 0 Å². The molecule has 0 saturated heterocycles. The highest BCUT2D eigenvalue weighted by atomic mass is 32.2. The maximum Gasteiger partial charge on any atom is 0.240 e. The average molecular weight is 331 g/mol. The third-order valence-corrected chi connectivity index (χ3v) is 6.22. The number of hydrogen-bond donors (Lipinski definition) is 2. The Morgan fingerprint density at radius 2 is 1.95 bits per heavy atom. The maximum atomic E-state index is 12.5. The van der Waals surface area contributed by atoms with Gasteiger partial charge in [-0.15, -0.1) is 0 Å². The number of sulfonamides is 1. The van der Waals surface area contributed by atoms with Gasteiger partial charge in [0.2, 0.25) is 10.0 Å². The van der Waals surface area contributed by atoms with Crippen LogP contribution in [0, 0.1) is 13.8 Å². The molecule has 0 aliphatic rings. The molecule has 0 bridgehead atoms. The normalized spacial score (nSPS) is 13.4. The number of thioether (sulfide) groups is 1. The molecule has 0 aliphatic carbocycles. The Morgan fingerprint density at radius 1 is 1.29 bits per heavy atom. The van der Waals surface area contributed by atoms with Crippen LogP contribution in [0.4, 0.5) is 0 Å². The molecule has 0 heterocycles. The fraction of sp³-hybridized carbons (Fsp3) is 0.600.